The van der Waals surface area contributed by atoms with Gasteiger partial charge in [-0.3, -0.25) is 0 Å². The molecule has 0 radical (unpaired) electrons. The molecule has 0 spiro atoms. The average molecular weight is 768 g/mol. The van der Waals surface area contributed by atoms with E-state index in [1.165, 1.54) is 36.4 Å². The molecule has 4 atom stereocenters. The molecule has 6 heterocycles. The molecule has 10 rings (SSSR count). The van der Waals surface area contributed by atoms with Gasteiger partial charge >= 0.3 is 0 Å². The van der Waals surface area contributed by atoms with Gasteiger partial charge in [0.05, 0.1) is 40.7 Å². The molecule has 290 valence electrons. The Labute approximate surface area is 321 Å². The lowest BCUT2D eigenvalue weighted by atomic mass is 9.89. The van der Waals surface area contributed by atoms with Crippen molar-refractivity contribution >= 4 is 39.1 Å². The Kier molecular flexibility index (Phi) is 8.87. The minimum atomic E-state index is -0.751. The second-order valence-corrected chi connectivity index (χ2v) is 16.1. The zero-order valence-corrected chi connectivity index (χ0v) is 31.0. The molecule has 0 bridgehead atoms. The largest absolute Gasteiger partial charge is 0.367 e. The summed E-state index contributed by atoms with van der Waals surface area (Å²) in [6.07, 6.45) is 6.16. The second kappa shape index (κ2) is 14.0. The molecular weight excluding hydrogens is 724 g/mol. The van der Waals surface area contributed by atoms with Gasteiger partial charge in [-0.25, -0.2) is 36.4 Å². The molecule has 2 aromatic heterocycles. The van der Waals surface area contributed by atoms with Crippen molar-refractivity contribution in [2.24, 2.45) is 0 Å². The molecule has 0 amide bonds. The minimum Gasteiger partial charge on any atom is -0.367 e. The maximum absolute atomic E-state index is 16.9. The number of H-pyrrole nitrogens is 2. The van der Waals surface area contributed by atoms with E-state index in [-0.39, 0.29) is 51.9 Å². The van der Waals surface area contributed by atoms with Crippen LogP contribution in [0.5, 0.6) is 0 Å². The van der Waals surface area contributed by atoms with Gasteiger partial charge in [-0.15, -0.1) is 0 Å². The minimum absolute atomic E-state index is 0.0210. The number of anilines is 1. The smallest absolute Gasteiger partial charge is 0.186 e. The van der Waals surface area contributed by atoms with Crippen molar-refractivity contribution in [3.8, 4) is 0 Å². The molecule has 0 saturated carbocycles. The lowest BCUT2D eigenvalue weighted by Gasteiger charge is -2.40. The number of nitrogens with zero attached hydrogens (tertiary/aromatic N) is 4. The van der Waals surface area contributed by atoms with E-state index in [9.17, 15) is 4.39 Å². The van der Waals surface area contributed by atoms with E-state index in [1.54, 1.807) is 29.2 Å². The van der Waals surface area contributed by atoms with E-state index < -0.39 is 29.3 Å². The molecule has 4 fully saturated rings. The van der Waals surface area contributed by atoms with Crippen molar-refractivity contribution in [1.29, 1.82) is 0 Å². The highest BCUT2D eigenvalue weighted by molar-refractivity contribution is 5.82. The van der Waals surface area contributed by atoms with Crippen LogP contribution in [0.1, 0.15) is 98.2 Å². The van der Waals surface area contributed by atoms with Crippen LogP contribution >= 0.6 is 0 Å². The molecular formula is C43H44F5N8+. The summed E-state index contributed by atoms with van der Waals surface area (Å²) < 4.78 is 80.0. The van der Waals surface area contributed by atoms with Gasteiger partial charge < -0.3 is 25.5 Å². The number of aromatic amines is 2. The molecule has 1 unspecified atom stereocenters. The van der Waals surface area contributed by atoms with Gasteiger partial charge in [-0.2, -0.15) is 0 Å². The van der Waals surface area contributed by atoms with Crippen molar-refractivity contribution in [1.82, 2.24) is 35.1 Å². The first-order chi connectivity index (χ1) is 27.2. The Morgan fingerprint density at radius 2 is 1.23 bits per heavy atom. The van der Waals surface area contributed by atoms with Crippen molar-refractivity contribution in [2.75, 3.05) is 37.6 Å². The van der Waals surface area contributed by atoms with Crippen LogP contribution in [-0.2, 0) is 0 Å². The van der Waals surface area contributed by atoms with E-state index in [0.29, 0.717) is 72.2 Å². The Morgan fingerprint density at radius 1 is 0.625 bits per heavy atom. The molecule has 4 saturated heterocycles. The third-order valence-corrected chi connectivity index (χ3v) is 12.9. The van der Waals surface area contributed by atoms with Crippen LogP contribution in [0.3, 0.4) is 0 Å². The van der Waals surface area contributed by atoms with E-state index in [4.69, 9.17) is 9.97 Å². The highest BCUT2D eigenvalue weighted by Crippen LogP contribution is 2.53. The summed E-state index contributed by atoms with van der Waals surface area (Å²) in [6.45, 7) is 2.86. The Morgan fingerprint density at radius 3 is 1.84 bits per heavy atom. The van der Waals surface area contributed by atoms with E-state index in [1.807, 2.05) is 0 Å². The number of fused-ring (bicyclic) bond motifs is 2. The fourth-order valence-electron chi connectivity index (χ4n) is 10.1. The van der Waals surface area contributed by atoms with Crippen molar-refractivity contribution < 1.29 is 22.0 Å². The number of rotatable bonds is 7. The van der Waals surface area contributed by atoms with Gasteiger partial charge in [-0.1, -0.05) is 12.1 Å². The summed E-state index contributed by atoms with van der Waals surface area (Å²) in [5, 5.41) is 6.87. The highest BCUT2D eigenvalue weighted by atomic mass is 19.1. The first-order valence-corrected chi connectivity index (χ1v) is 20.0. The summed E-state index contributed by atoms with van der Waals surface area (Å²) in [6, 6.07) is 14.7. The fraction of sp³-hybridized carbons (Fsp3) is 0.395. The Hall–Kier alpha value is -4.85. The maximum Gasteiger partial charge on any atom is 0.186 e. The normalized spacial score (nSPS) is 24.7. The zero-order chi connectivity index (χ0) is 38.1. The summed E-state index contributed by atoms with van der Waals surface area (Å²) in [5.74, 6) is -1.27. The summed E-state index contributed by atoms with van der Waals surface area (Å²) in [4.78, 5) is 17.9. The number of hydrogen-bond donors (Lipinski definition) is 4. The number of imidazole rings is 2. The standard InChI is InChI=1S/C43H44F5N8/c44-26-9-7-24(8-10-26)25-11-15-55(16-12-25)41-31(47)18-27(19-32(41)48)56(40-23-38-37(22-30(40)46)53-43(54-38)34-5-2-14-50-34)17-3-6-39(56)28-20-35-36(21-29(28)45)52-42(51-35)33-4-1-13-49-33/h7-10,18-23,25,33-34,39,49-50H,1-6,11-17H2,(H,51,52)(H,53,54)/q+1/t33?,34-,39-,56+/m0/s1. The van der Waals surface area contributed by atoms with Gasteiger partial charge in [0.1, 0.15) is 40.7 Å². The van der Waals surface area contributed by atoms with Gasteiger partial charge in [-0.05, 0) is 81.3 Å². The van der Waals surface area contributed by atoms with E-state index in [0.717, 1.165) is 50.2 Å². The van der Waals surface area contributed by atoms with E-state index in [2.05, 4.69) is 20.6 Å². The van der Waals surface area contributed by atoms with E-state index >= 15 is 17.6 Å². The maximum atomic E-state index is 16.9. The third kappa shape index (κ3) is 5.97. The van der Waals surface area contributed by atoms with Crippen molar-refractivity contribution in [2.45, 2.75) is 75.4 Å². The Balaban J connectivity index is 1.07. The number of halogens is 5. The summed E-state index contributed by atoms with van der Waals surface area (Å²) >= 11 is 0. The monoisotopic (exact) mass is 767 g/mol. The van der Waals surface area contributed by atoms with Crippen LogP contribution in [0.2, 0.25) is 0 Å². The summed E-state index contributed by atoms with van der Waals surface area (Å²) in [7, 11) is 0. The molecule has 8 nitrogen and oxygen atoms in total. The lowest BCUT2D eigenvalue weighted by molar-refractivity contribution is 0.340. The van der Waals surface area contributed by atoms with Crippen molar-refractivity contribution in [3.05, 3.63) is 113 Å². The number of hydrogen-bond acceptors (Lipinski definition) is 5. The quantitative estimate of drug-likeness (QED) is 0.0962. The van der Waals surface area contributed by atoms with Gasteiger partial charge in [0, 0.05) is 61.8 Å². The molecule has 4 aromatic carbocycles. The Bertz CT molecular complexity index is 2400. The highest BCUT2D eigenvalue weighted by Gasteiger charge is 2.50. The number of quaternary nitrogens is 1. The number of aromatic nitrogens is 4. The van der Waals surface area contributed by atoms with Crippen LogP contribution in [0.4, 0.5) is 39.0 Å². The average Bonchev–Trinajstić information content (AvgIpc) is 4.04. The molecule has 4 N–H and O–H groups in total. The van der Waals surface area contributed by atoms with Gasteiger partial charge in [0.2, 0.25) is 0 Å². The number of nitrogens with one attached hydrogen (secondary N) is 4. The second-order valence-electron chi connectivity index (χ2n) is 16.1. The first kappa shape index (κ1) is 35.6. The predicted molar refractivity (Wildman–Crippen MR) is 207 cm³/mol. The summed E-state index contributed by atoms with van der Waals surface area (Å²) in [5.41, 5.74) is 3.83. The topological polar surface area (TPSA) is 84.7 Å². The van der Waals surface area contributed by atoms with Crippen molar-refractivity contribution in [3.63, 3.8) is 0 Å². The van der Waals surface area contributed by atoms with Crippen LogP contribution in [0.15, 0.2) is 60.7 Å². The van der Waals surface area contributed by atoms with Crippen LogP contribution in [0, 0.1) is 29.1 Å². The van der Waals surface area contributed by atoms with Crippen LogP contribution < -0.4 is 20.0 Å². The molecule has 4 aliphatic heterocycles. The zero-order valence-electron chi connectivity index (χ0n) is 31.0. The third-order valence-electron chi connectivity index (χ3n) is 12.9. The lowest BCUT2D eigenvalue weighted by Crippen LogP contribution is -2.44. The fourth-order valence-corrected chi connectivity index (χ4v) is 10.1. The number of piperidine rings is 1. The van der Waals surface area contributed by atoms with Gasteiger partial charge in [0.25, 0.3) is 0 Å². The molecule has 4 aliphatic rings. The molecule has 56 heavy (non-hydrogen) atoms. The SMILES string of the molecule is Fc1ccc(C2CCN(c3c(F)cc([N@+]4(c5cc6[nH]c([C@@H]7CCCN7)nc6cc5F)CCC[C@H]4c4cc5[nH]c(C6CCCN6)nc5cc4F)cc3F)CC2)cc1. The first-order valence-electron chi connectivity index (χ1n) is 20.0. The number of benzene rings is 4. The molecule has 0 aliphatic carbocycles. The molecule has 13 heteroatoms. The van der Waals surface area contributed by atoms with Crippen LogP contribution in [-0.4, -0.2) is 52.7 Å². The molecule has 6 aromatic rings. The van der Waals surface area contributed by atoms with Crippen LogP contribution in [0.25, 0.3) is 22.1 Å². The van der Waals surface area contributed by atoms with Gasteiger partial charge in [0.15, 0.2) is 23.1 Å². The predicted octanol–water partition coefficient (Wildman–Crippen LogP) is 9.54.